The largest absolute Gasteiger partial charge is 0.507 e. The molecule has 204 valence electrons. The lowest BCUT2D eigenvalue weighted by molar-refractivity contribution is -0.132. The SMILES string of the molecule is CCCCOc1cccc(C2C(=C(O)c3ccc(OCCC)cc3)C(=O)C(=O)N2c2nc(C)c(C(C)=O)s2)c1. The summed E-state index contributed by atoms with van der Waals surface area (Å²) in [7, 11) is 0. The quantitative estimate of drug-likeness (QED) is 0.0993. The molecule has 1 saturated heterocycles. The van der Waals surface area contributed by atoms with E-state index in [2.05, 4.69) is 11.9 Å². The second-order valence-electron chi connectivity index (χ2n) is 9.28. The molecule has 2 heterocycles. The molecule has 4 rings (SSSR count). The number of amides is 1. The molecule has 1 aliphatic heterocycles. The van der Waals surface area contributed by atoms with Gasteiger partial charge in [0, 0.05) is 12.5 Å². The van der Waals surface area contributed by atoms with Crippen molar-refractivity contribution in [3.8, 4) is 11.5 Å². The van der Waals surface area contributed by atoms with Crippen molar-refractivity contribution in [2.75, 3.05) is 18.1 Å². The zero-order chi connectivity index (χ0) is 28.1. The number of hydrogen-bond donors (Lipinski definition) is 1. The second-order valence-corrected chi connectivity index (χ2v) is 10.3. The molecule has 1 N–H and O–H groups in total. The summed E-state index contributed by atoms with van der Waals surface area (Å²) in [5, 5.41) is 11.6. The number of unbranched alkanes of at least 4 members (excludes halogenated alkanes) is 1. The Balaban J connectivity index is 1.84. The van der Waals surface area contributed by atoms with Crippen LogP contribution in [0.1, 0.15) is 72.6 Å². The van der Waals surface area contributed by atoms with Crippen molar-refractivity contribution in [2.45, 2.75) is 53.0 Å². The molecule has 0 saturated carbocycles. The number of carbonyl (C=O) groups is 3. The number of carbonyl (C=O) groups excluding carboxylic acids is 3. The monoisotopic (exact) mass is 548 g/mol. The zero-order valence-electron chi connectivity index (χ0n) is 22.5. The summed E-state index contributed by atoms with van der Waals surface area (Å²) in [6.45, 7) is 8.28. The second kappa shape index (κ2) is 12.3. The molecular weight excluding hydrogens is 516 g/mol. The smallest absolute Gasteiger partial charge is 0.301 e. The lowest BCUT2D eigenvalue weighted by atomic mass is 9.95. The van der Waals surface area contributed by atoms with E-state index in [0.717, 1.165) is 30.6 Å². The van der Waals surface area contributed by atoms with Crippen LogP contribution >= 0.6 is 11.3 Å². The highest BCUT2D eigenvalue weighted by atomic mass is 32.1. The number of aliphatic hydroxyl groups is 1. The van der Waals surface area contributed by atoms with Crippen LogP contribution in [-0.4, -0.2) is 40.8 Å². The molecule has 8 nitrogen and oxygen atoms in total. The van der Waals surface area contributed by atoms with Crippen LogP contribution in [0, 0.1) is 6.92 Å². The van der Waals surface area contributed by atoms with Gasteiger partial charge in [-0.2, -0.15) is 0 Å². The third kappa shape index (κ3) is 5.88. The summed E-state index contributed by atoms with van der Waals surface area (Å²) < 4.78 is 11.5. The van der Waals surface area contributed by atoms with Crippen molar-refractivity contribution in [2.24, 2.45) is 0 Å². The van der Waals surface area contributed by atoms with Crippen molar-refractivity contribution < 1.29 is 29.0 Å². The standard InChI is InChI=1S/C30H32N2O6S/c1-5-7-16-38-23-10-8-9-21(17-23)25-24(26(34)20-11-13-22(14-12-20)37-15-6-2)27(35)29(36)32(25)30-31-18(3)28(39-30)19(4)33/h8-14,17,25,34H,5-7,15-16H2,1-4H3. The summed E-state index contributed by atoms with van der Waals surface area (Å²) in [6, 6.07) is 12.9. The molecule has 0 spiro atoms. The lowest BCUT2D eigenvalue weighted by Gasteiger charge is -2.23. The molecule has 3 aromatic rings. The van der Waals surface area contributed by atoms with Crippen molar-refractivity contribution >= 4 is 39.7 Å². The number of benzene rings is 2. The van der Waals surface area contributed by atoms with E-state index in [4.69, 9.17) is 9.47 Å². The fourth-order valence-electron chi connectivity index (χ4n) is 4.35. The van der Waals surface area contributed by atoms with Crippen LogP contribution in [0.5, 0.6) is 11.5 Å². The van der Waals surface area contributed by atoms with Crippen LogP contribution in [0.25, 0.3) is 5.76 Å². The van der Waals surface area contributed by atoms with E-state index >= 15 is 0 Å². The first-order valence-electron chi connectivity index (χ1n) is 13.0. The maximum Gasteiger partial charge on any atom is 0.301 e. The molecule has 1 aromatic heterocycles. The van der Waals surface area contributed by atoms with E-state index in [-0.39, 0.29) is 22.2 Å². The van der Waals surface area contributed by atoms with E-state index in [1.807, 2.05) is 13.0 Å². The van der Waals surface area contributed by atoms with Crippen LogP contribution < -0.4 is 14.4 Å². The fourth-order valence-corrected chi connectivity index (χ4v) is 5.34. The normalized spacial score (nSPS) is 16.5. The first-order chi connectivity index (χ1) is 18.8. The number of aliphatic hydroxyl groups excluding tert-OH is 1. The van der Waals surface area contributed by atoms with E-state index in [1.165, 1.54) is 11.8 Å². The van der Waals surface area contributed by atoms with Crippen molar-refractivity contribution in [1.29, 1.82) is 0 Å². The zero-order valence-corrected chi connectivity index (χ0v) is 23.3. The number of aromatic nitrogens is 1. The number of ether oxygens (including phenoxy) is 2. The van der Waals surface area contributed by atoms with Gasteiger partial charge < -0.3 is 14.6 Å². The number of rotatable bonds is 11. The summed E-state index contributed by atoms with van der Waals surface area (Å²) in [5.41, 5.74) is 1.36. The van der Waals surface area contributed by atoms with Gasteiger partial charge in [-0.1, -0.05) is 43.7 Å². The number of ketones is 2. The third-order valence-electron chi connectivity index (χ3n) is 6.30. The summed E-state index contributed by atoms with van der Waals surface area (Å²) in [4.78, 5) is 45.2. The number of anilines is 1. The molecule has 1 fully saturated rings. The van der Waals surface area contributed by atoms with Crippen LogP contribution in [0.15, 0.2) is 54.1 Å². The van der Waals surface area contributed by atoms with Crippen molar-refractivity contribution in [1.82, 2.24) is 4.98 Å². The van der Waals surface area contributed by atoms with Crippen LogP contribution in [0.2, 0.25) is 0 Å². The summed E-state index contributed by atoms with van der Waals surface area (Å²) in [6.07, 6.45) is 2.71. The first-order valence-corrected chi connectivity index (χ1v) is 13.8. The Morgan fingerprint density at radius 3 is 2.38 bits per heavy atom. The van der Waals surface area contributed by atoms with Crippen molar-refractivity contribution in [3.05, 3.63) is 75.8 Å². The maximum atomic E-state index is 13.5. The molecule has 1 atom stereocenters. The van der Waals surface area contributed by atoms with E-state index in [9.17, 15) is 19.5 Å². The molecule has 0 radical (unpaired) electrons. The van der Waals surface area contributed by atoms with E-state index in [0.29, 0.717) is 46.4 Å². The predicted molar refractivity (Wildman–Crippen MR) is 151 cm³/mol. The summed E-state index contributed by atoms with van der Waals surface area (Å²) >= 11 is 1.05. The van der Waals surface area contributed by atoms with Gasteiger partial charge in [0.2, 0.25) is 0 Å². The van der Waals surface area contributed by atoms with Gasteiger partial charge in [-0.25, -0.2) is 4.98 Å². The Bertz CT molecular complexity index is 1410. The topological polar surface area (TPSA) is 106 Å². The molecule has 1 unspecified atom stereocenters. The number of hydrogen-bond acceptors (Lipinski definition) is 8. The Morgan fingerprint density at radius 1 is 1.03 bits per heavy atom. The number of aryl methyl sites for hydroxylation is 1. The minimum atomic E-state index is -0.971. The minimum Gasteiger partial charge on any atom is -0.507 e. The first kappa shape index (κ1) is 28.0. The fraction of sp³-hybridized carbons (Fsp3) is 0.333. The molecule has 0 bridgehead atoms. The van der Waals surface area contributed by atoms with Gasteiger partial charge in [0.15, 0.2) is 10.9 Å². The molecule has 0 aliphatic carbocycles. The Labute approximate surface area is 231 Å². The summed E-state index contributed by atoms with van der Waals surface area (Å²) in [5.74, 6) is -0.925. The Hall–Kier alpha value is -3.98. The Kier molecular flexibility index (Phi) is 8.81. The van der Waals surface area contributed by atoms with Gasteiger partial charge in [0.1, 0.15) is 17.3 Å². The van der Waals surface area contributed by atoms with Gasteiger partial charge in [0.05, 0.1) is 35.4 Å². The van der Waals surface area contributed by atoms with Crippen LogP contribution in [0.4, 0.5) is 5.13 Å². The van der Waals surface area contributed by atoms with E-state index < -0.39 is 17.7 Å². The maximum absolute atomic E-state index is 13.5. The number of nitrogens with zero attached hydrogens (tertiary/aromatic N) is 2. The third-order valence-corrected chi connectivity index (χ3v) is 7.55. The van der Waals surface area contributed by atoms with Crippen LogP contribution in [0.3, 0.4) is 0 Å². The highest BCUT2D eigenvalue weighted by Crippen LogP contribution is 2.44. The average molecular weight is 549 g/mol. The van der Waals surface area contributed by atoms with Crippen molar-refractivity contribution in [3.63, 3.8) is 0 Å². The van der Waals surface area contributed by atoms with Gasteiger partial charge in [0.25, 0.3) is 5.78 Å². The van der Waals surface area contributed by atoms with Gasteiger partial charge >= 0.3 is 5.91 Å². The molecule has 1 aliphatic rings. The van der Waals surface area contributed by atoms with Gasteiger partial charge in [-0.3, -0.25) is 19.3 Å². The highest BCUT2D eigenvalue weighted by Gasteiger charge is 2.48. The molecule has 1 amide bonds. The van der Waals surface area contributed by atoms with E-state index in [1.54, 1.807) is 49.4 Å². The van der Waals surface area contributed by atoms with Crippen LogP contribution in [-0.2, 0) is 9.59 Å². The Morgan fingerprint density at radius 2 is 1.74 bits per heavy atom. The molecule has 2 aromatic carbocycles. The number of thiazole rings is 1. The molecule has 9 heteroatoms. The lowest BCUT2D eigenvalue weighted by Crippen LogP contribution is -2.29. The molecule has 39 heavy (non-hydrogen) atoms. The minimum absolute atomic E-state index is 0.0647. The van der Waals surface area contributed by atoms with Gasteiger partial charge in [-0.05, 0) is 61.7 Å². The molecular formula is C30H32N2O6S. The van der Waals surface area contributed by atoms with Gasteiger partial charge in [-0.15, -0.1) is 0 Å². The highest BCUT2D eigenvalue weighted by molar-refractivity contribution is 7.18. The average Bonchev–Trinajstić information content (AvgIpc) is 3.44. The predicted octanol–water partition coefficient (Wildman–Crippen LogP) is 6.25. The number of Topliss-reactive ketones (excluding diaryl/α,β-unsaturated/α-hetero) is 2.